The van der Waals surface area contributed by atoms with Crippen molar-refractivity contribution in [2.75, 3.05) is 47.1 Å². The SMILES string of the molecule is COc1ccc(C(CNC(=O)C(C)Oc2ccc(Cl)c(Cl)c2)N2CCOCC2)cc1OC. The van der Waals surface area contributed by atoms with Crippen LogP contribution in [0.3, 0.4) is 0 Å². The summed E-state index contributed by atoms with van der Waals surface area (Å²) in [5.74, 6) is 1.55. The molecule has 1 saturated heterocycles. The van der Waals surface area contributed by atoms with Crippen molar-refractivity contribution in [3.8, 4) is 17.2 Å². The van der Waals surface area contributed by atoms with Gasteiger partial charge >= 0.3 is 0 Å². The van der Waals surface area contributed by atoms with Gasteiger partial charge in [0.05, 0.1) is 43.5 Å². The maximum Gasteiger partial charge on any atom is 0.260 e. The predicted molar refractivity (Wildman–Crippen MR) is 124 cm³/mol. The maximum atomic E-state index is 12.8. The van der Waals surface area contributed by atoms with Gasteiger partial charge in [-0.3, -0.25) is 9.69 Å². The van der Waals surface area contributed by atoms with Crippen LogP contribution in [0.4, 0.5) is 0 Å². The molecule has 0 aliphatic carbocycles. The van der Waals surface area contributed by atoms with Gasteiger partial charge in [-0.15, -0.1) is 0 Å². The molecule has 1 fully saturated rings. The van der Waals surface area contributed by atoms with Crippen LogP contribution in [-0.2, 0) is 9.53 Å². The maximum absolute atomic E-state index is 12.8. The van der Waals surface area contributed by atoms with E-state index >= 15 is 0 Å². The predicted octanol–water partition coefficient (Wildman–Crippen LogP) is 3.97. The number of hydrogen-bond acceptors (Lipinski definition) is 6. The first-order chi connectivity index (χ1) is 15.4. The molecular formula is C23H28Cl2N2O5. The van der Waals surface area contributed by atoms with Gasteiger partial charge in [-0.2, -0.15) is 0 Å². The fourth-order valence-electron chi connectivity index (χ4n) is 3.56. The molecule has 32 heavy (non-hydrogen) atoms. The Balaban J connectivity index is 1.70. The van der Waals surface area contributed by atoms with Crippen LogP contribution in [0.2, 0.25) is 10.0 Å². The summed E-state index contributed by atoms with van der Waals surface area (Å²) in [4.78, 5) is 15.0. The van der Waals surface area contributed by atoms with E-state index in [1.54, 1.807) is 39.3 Å². The first-order valence-electron chi connectivity index (χ1n) is 10.4. The minimum absolute atomic E-state index is 0.0557. The van der Waals surface area contributed by atoms with Gasteiger partial charge in [0, 0.05) is 25.7 Å². The summed E-state index contributed by atoms with van der Waals surface area (Å²) in [6.07, 6.45) is -0.706. The molecule has 2 atom stereocenters. The van der Waals surface area contributed by atoms with Gasteiger partial charge < -0.3 is 24.3 Å². The summed E-state index contributed by atoms with van der Waals surface area (Å²) in [5, 5.41) is 3.82. The van der Waals surface area contributed by atoms with E-state index in [0.29, 0.717) is 47.1 Å². The van der Waals surface area contributed by atoms with E-state index < -0.39 is 6.10 Å². The van der Waals surface area contributed by atoms with Crippen LogP contribution < -0.4 is 19.5 Å². The number of amides is 1. The molecule has 7 nitrogen and oxygen atoms in total. The molecule has 0 radical (unpaired) electrons. The highest BCUT2D eigenvalue weighted by Gasteiger charge is 2.25. The Kier molecular flexibility index (Phi) is 8.87. The second-order valence-electron chi connectivity index (χ2n) is 7.36. The van der Waals surface area contributed by atoms with Gasteiger partial charge in [-0.1, -0.05) is 29.3 Å². The summed E-state index contributed by atoms with van der Waals surface area (Å²) >= 11 is 12.0. The zero-order valence-corrected chi connectivity index (χ0v) is 19.9. The average Bonchev–Trinajstić information content (AvgIpc) is 2.81. The summed E-state index contributed by atoms with van der Waals surface area (Å²) in [7, 11) is 3.21. The van der Waals surface area contributed by atoms with Gasteiger partial charge in [0.1, 0.15) is 5.75 Å². The third-order valence-corrected chi connectivity index (χ3v) is 6.06. The topological polar surface area (TPSA) is 69.3 Å². The first-order valence-corrected chi connectivity index (χ1v) is 11.1. The van der Waals surface area contributed by atoms with Crippen LogP contribution >= 0.6 is 23.2 Å². The quantitative estimate of drug-likeness (QED) is 0.583. The first kappa shape index (κ1) is 24.5. The lowest BCUT2D eigenvalue weighted by atomic mass is 10.0. The third-order valence-electron chi connectivity index (χ3n) is 5.32. The molecule has 0 saturated carbocycles. The Hall–Kier alpha value is -2.19. The van der Waals surface area contributed by atoms with Gasteiger partial charge in [-0.25, -0.2) is 0 Å². The van der Waals surface area contributed by atoms with Crippen LogP contribution in [0.15, 0.2) is 36.4 Å². The van der Waals surface area contributed by atoms with Crippen molar-refractivity contribution in [3.05, 3.63) is 52.0 Å². The highest BCUT2D eigenvalue weighted by Crippen LogP contribution is 2.32. The van der Waals surface area contributed by atoms with E-state index in [1.165, 1.54) is 0 Å². The van der Waals surface area contributed by atoms with Crippen molar-refractivity contribution in [1.29, 1.82) is 0 Å². The summed E-state index contributed by atoms with van der Waals surface area (Å²) in [6, 6.07) is 10.7. The van der Waals surface area contributed by atoms with Crippen molar-refractivity contribution >= 4 is 29.1 Å². The van der Waals surface area contributed by atoms with E-state index in [0.717, 1.165) is 18.7 Å². The summed E-state index contributed by atoms with van der Waals surface area (Å²) in [6.45, 7) is 4.93. The number of carbonyl (C=O) groups excluding carboxylic acids is 1. The highest BCUT2D eigenvalue weighted by molar-refractivity contribution is 6.42. The normalized spacial score (nSPS) is 16.2. The van der Waals surface area contributed by atoms with E-state index in [2.05, 4.69) is 10.2 Å². The fraction of sp³-hybridized carbons (Fsp3) is 0.435. The fourth-order valence-corrected chi connectivity index (χ4v) is 3.84. The van der Waals surface area contributed by atoms with E-state index in [4.69, 9.17) is 42.1 Å². The van der Waals surface area contributed by atoms with Crippen molar-refractivity contribution < 1.29 is 23.7 Å². The van der Waals surface area contributed by atoms with Gasteiger partial charge in [0.15, 0.2) is 17.6 Å². The molecule has 2 aromatic carbocycles. The van der Waals surface area contributed by atoms with Gasteiger partial charge in [-0.05, 0) is 36.8 Å². The molecule has 9 heteroatoms. The Bertz CT molecular complexity index is 921. The van der Waals surface area contributed by atoms with E-state index in [-0.39, 0.29) is 11.9 Å². The molecule has 1 aliphatic heterocycles. The summed E-state index contributed by atoms with van der Waals surface area (Å²) in [5.41, 5.74) is 1.02. The lowest BCUT2D eigenvalue weighted by Crippen LogP contribution is -2.45. The van der Waals surface area contributed by atoms with Crippen molar-refractivity contribution in [2.45, 2.75) is 19.1 Å². The summed E-state index contributed by atoms with van der Waals surface area (Å²) < 4.78 is 22.1. The van der Waals surface area contributed by atoms with E-state index in [1.807, 2.05) is 18.2 Å². The second kappa shape index (κ2) is 11.6. The molecule has 3 rings (SSSR count). The lowest BCUT2D eigenvalue weighted by molar-refractivity contribution is -0.127. The minimum atomic E-state index is -0.706. The number of methoxy groups -OCH3 is 2. The lowest BCUT2D eigenvalue weighted by Gasteiger charge is -2.35. The Morgan fingerprint density at radius 1 is 1.06 bits per heavy atom. The van der Waals surface area contributed by atoms with Crippen LogP contribution in [0.1, 0.15) is 18.5 Å². The molecule has 1 aliphatic rings. The number of nitrogens with one attached hydrogen (secondary N) is 1. The Morgan fingerprint density at radius 2 is 1.78 bits per heavy atom. The van der Waals surface area contributed by atoms with Crippen LogP contribution in [0.25, 0.3) is 0 Å². The number of nitrogens with zero attached hydrogens (tertiary/aromatic N) is 1. The molecule has 174 valence electrons. The van der Waals surface area contributed by atoms with Crippen molar-refractivity contribution in [2.24, 2.45) is 0 Å². The molecule has 1 amide bonds. The minimum Gasteiger partial charge on any atom is -0.493 e. The zero-order chi connectivity index (χ0) is 23.1. The Morgan fingerprint density at radius 3 is 2.44 bits per heavy atom. The van der Waals surface area contributed by atoms with E-state index in [9.17, 15) is 4.79 Å². The molecule has 0 aromatic heterocycles. The Labute approximate surface area is 198 Å². The smallest absolute Gasteiger partial charge is 0.260 e. The largest absolute Gasteiger partial charge is 0.493 e. The molecule has 1 heterocycles. The van der Waals surface area contributed by atoms with Gasteiger partial charge in [0.2, 0.25) is 0 Å². The number of morpholine rings is 1. The van der Waals surface area contributed by atoms with Crippen molar-refractivity contribution in [3.63, 3.8) is 0 Å². The molecule has 1 N–H and O–H groups in total. The molecule has 0 bridgehead atoms. The molecular weight excluding hydrogens is 455 g/mol. The molecule has 0 spiro atoms. The number of hydrogen-bond donors (Lipinski definition) is 1. The number of benzene rings is 2. The standard InChI is InChI=1S/C23H28Cl2N2O5/c1-15(32-17-5-6-18(24)19(25)13-17)23(28)26-14-20(27-8-10-31-11-9-27)16-4-7-21(29-2)22(12-16)30-3/h4-7,12-13,15,20H,8-11,14H2,1-3H3,(H,26,28). The third kappa shape index (κ3) is 6.19. The highest BCUT2D eigenvalue weighted by atomic mass is 35.5. The number of halogens is 2. The molecule has 2 unspecified atom stereocenters. The number of carbonyl (C=O) groups is 1. The number of ether oxygens (including phenoxy) is 4. The van der Waals surface area contributed by atoms with Crippen molar-refractivity contribution in [1.82, 2.24) is 10.2 Å². The second-order valence-corrected chi connectivity index (χ2v) is 8.17. The van der Waals surface area contributed by atoms with Gasteiger partial charge in [0.25, 0.3) is 5.91 Å². The number of rotatable bonds is 9. The zero-order valence-electron chi connectivity index (χ0n) is 18.4. The molecule has 2 aromatic rings. The van der Waals surface area contributed by atoms with Crippen LogP contribution in [0, 0.1) is 0 Å². The van der Waals surface area contributed by atoms with Crippen LogP contribution in [0.5, 0.6) is 17.2 Å². The monoisotopic (exact) mass is 482 g/mol. The van der Waals surface area contributed by atoms with Crippen LogP contribution in [-0.4, -0.2) is 64.0 Å². The average molecular weight is 483 g/mol.